The first kappa shape index (κ1) is 16.2. The van der Waals surface area contributed by atoms with E-state index in [9.17, 15) is 0 Å². The largest absolute Gasteiger partial charge is 0.331 e. The second-order valence-electron chi connectivity index (χ2n) is 5.09. The SMILES string of the molecule is CC/C(=N/NC(=S)Nc1cccc(C)c1C)c1ccccc1. The van der Waals surface area contributed by atoms with Crippen LogP contribution in [0.4, 0.5) is 5.69 Å². The summed E-state index contributed by atoms with van der Waals surface area (Å²) >= 11 is 5.33. The molecular formula is C18H21N3S. The molecule has 0 unspecified atom stereocenters. The minimum Gasteiger partial charge on any atom is -0.331 e. The highest BCUT2D eigenvalue weighted by atomic mass is 32.1. The number of nitrogens with one attached hydrogen (secondary N) is 2. The predicted octanol–water partition coefficient (Wildman–Crippen LogP) is 4.40. The van der Waals surface area contributed by atoms with E-state index in [4.69, 9.17) is 12.2 Å². The number of hydrazone groups is 1. The maximum absolute atomic E-state index is 5.33. The first-order valence-electron chi connectivity index (χ1n) is 7.37. The molecule has 3 nitrogen and oxygen atoms in total. The lowest BCUT2D eigenvalue weighted by molar-refractivity contribution is 1.02. The van der Waals surface area contributed by atoms with Crippen LogP contribution >= 0.6 is 12.2 Å². The lowest BCUT2D eigenvalue weighted by Gasteiger charge is -2.12. The predicted molar refractivity (Wildman–Crippen MR) is 98.5 cm³/mol. The maximum Gasteiger partial charge on any atom is 0.191 e. The minimum atomic E-state index is 0.496. The summed E-state index contributed by atoms with van der Waals surface area (Å²) in [6, 6.07) is 16.2. The highest BCUT2D eigenvalue weighted by molar-refractivity contribution is 7.80. The Labute approximate surface area is 137 Å². The van der Waals surface area contributed by atoms with Crippen LogP contribution in [0.2, 0.25) is 0 Å². The van der Waals surface area contributed by atoms with Gasteiger partial charge in [0, 0.05) is 5.69 Å². The molecule has 0 saturated heterocycles. The van der Waals surface area contributed by atoms with Crippen molar-refractivity contribution in [1.82, 2.24) is 5.43 Å². The number of rotatable bonds is 4. The summed E-state index contributed by atoms with van der Waals surface area (Å²) in [5.74, 6) is 0. The molecule has 0 aliphatic heterocycles. The van der Waals surface area contributed by atoms with E-state index in [1.54, 1.807) is 0 Å². The molecule has 0 radical (unpaired) electrons. The van der Waals surface area contributed by atoms with Gasteiger partial charge in [0.25, 0.3) is 0 Å². The van der Waals surface area contributed by atoms with Crippen molar-refractivity contribution >= 4 is 28.7 Å². The van der Waals surface area contributed by atoms with Crippen LogP contribution in [-0.4, -0.2) is 10.8 Å². The summed E-state index contributed by atoms with van der Waals surface area (Å²) < 4.78 is 0. The Balaban J connectivity index is 2.05. The number of hydrogen-bond donors (Lipinski definition) is 2. The molecule has 0 aliphatic rings. The van der Waals surface area contributed by atoms with E-state index in [0.717, 1.165) is 23.4 Å². The lowest BCUT2D eigenvalue weighted by atomic mass is 10.1. The number of benzene rings is 2. The molecule has 22 heavy (non-hydrogen) atoms. The molecule has 0 heterocycles. The number of hydrogen-bond acceptors (Lipinski definition) is 2. The normalized spacial score (nSPS) is 11.1. The summed E-state index contributed by atoms with van der Waals surface area (Å²) in [6.45, 7) is 6.24. The van der Waals surface area contributed by atoms with Crippen LogP contribution in [0.25, 0.3) is 0 Å². The van der Waals surface area contributed by atoms with Crippen LogP contribution in [0.1, 0.15) is 30.0 Å². The van der Waals surface area contributed by atoms with Crippen molar-refractivity contribution in [2.24, 2.45) is 5.10 Å². The topological polar surface area (TPSA) is 36.4 Å². The highest BCUT2D eigenvalue weighted by Crippen LogP contribution is 2.17. The standard InChI is InChI=1S/C18H21N3S/c1-4-16(15-10-6-5-7-11-15)20-21-18(22)19-17-12-8-9-13(2)14(17)3/h5-12H,4H2,1-3H3,(H2,19,21,22)/b20-16-. The molecular weight excluding hydrogens is 290 g/mol. The van der Waals surface area contributed by atoms with Gasteiger partial charge >= 0.3 is 0 Å². The molecule has 4 heteroatoms. The monoisotopic (exact) mass is 311 g/mol. The van der Waals surface area contributed by atoms with Crippen LogP contribution in [0.15, 0.2) is 53.6 Å². The number of aryl methyl sites for hydroxylation is 1. The molecule has 114 valence electrons. The van der Waals surface area contributed by atoms with E-state index in [2.05, 4.69) is 42.7 Å². The molecule has 0 aromatic heterocycles. The van der Waals surface area contributed by atoms with Crippen molar-refractivity contribution in [2.45, 2.75) is 27.2 Å². The number of nitrogens with zero attached hydrogens (tertiary/aromatic N) is 1. The van der Waals surface area contributed by atoms with Gasteiger partial charge in [0.15, 0.2) is 5.11 Å². The fraction of sp³-hybridized carbons (Fsp3) is 0.222. The molecule has 0 amide bonds. The molecule has 2 N–H and O–H groups in total. The number of thiocarbonyl (C=S) groups is 1. The van der Waals surface area contributed by atoms with E-state index in [1.807, 2.05) is 42.5 Å². The third kappa shape index (κ3) is 4.15. The van der Waals surface area contributed by atoms with E-state index < -0.39 is 0 Å². The van der Waals surface area contributed by atoms with Gasteiger partial charge in [-0.15, -0.1) is 0 Å². The van der Waals surface area contributed by atoms with Crippen molar-refractivity contribution in [1.29, 1.82) is 0 Å². The Bertz CT molecular complexity index is 678. The van der Waals surface area contributed by atoms with Crippen LogP contribution in [-0.2, 0) is 0 Å². The smallest absolute Gasteiger partial charge is 0.191 e. The van der Waals surface area contributed by atoms with Gasteiger partial charge in [-0.2, -0.15) is 5.10 Å². The molecule has 2 aromatic rings. The molecule has 2 aromatic carbocycles. The van der Waals surface area contributed by atoms with Crippen molar-refractivity contribution in [3.8, 4) is 0 Å². The van der Waals surface area contributed by atoms with Crippen LogP contribution in [0.3, 0.4) is 0 Å². The second-order valence-corrected chi connectivity index (χ2v) is 5.50. The Morgan fingerprint density at radius 2 is 1.77 bits per heavy atom. The fourth-order valence-corrected chi connectivity index (χ4v) is 2.29. The quantitative estimate of drug-likeness (QED) is 0.499. The summed E-state index contributed by atoms with van der Waals surface area (Å²) in [4.78, 5) is 0. The lowest BCUT2D eigenvalue weighted by Crippen LogP contribution is -2.25. The minimum absolute atomic E-state index is 0.496. The second kappa shape index (κ2) is 7.71. The Hall–Kier alpha value is -2.20. The van der Waals surface area contributed by atoms with Gasteiger partial charge < -0.3 is 5.32 Å². The molecule has 2 rings (SSSR count). The fourth-order valence-electron chi connectivity index (χ4n) is 2.13. The van der Waals surface area contributed by atoms with Crippen LogP contribution in [0, 0.1) is 13.8 Å². The first-order chi connectivity index (χ1) is 10.6. The molecule has 0 bridgehead atoms. The van der Waals surface area contributed by atoms with Crippen molar-refractivity contribution in [3.63, 3.8) is 0 Å². The van der Waals surface area contributed by atoms with E-state index in [1.165, 1.54) is 11.1 Å². The Morgan fingerprint density at radius 3 is 2.45 bits per heavy atom. The average molecular weight is 311 g/mol. The summed E-state index contributed by atoms with van der Waals surface area (Å²) in [6.07, 6.45) is 0.836. The van der Waals surface area contributed by atoms with Crippen molar-refractivity contribution in [3.05, 3.63) is 65.2 Å². The van der Waals surface area contributed by atoms with E-state index in [0.29, 0.717) is 5.11 Å². The van der Waals surface area contributed by atoms with Gasteiger partial charge in [-0.25, -0.2) is 0 Å². The van der Waals surface area contributed by atoms with Gasteiger partial charge in [0.1, 0.15) is 0 Å². The first-order valence-corrected chi connectivity index (χ1v) is 7.77. The van der Waals surface area contributed by atoms with E-state index >= 15 is 0 Å². The summed E-state index contributed by atoms with van der Waals surface area (Å²) in [5.41, 5.74) is 8.44. The zero-order valence-corrected chi connectivity index (χ0v) is 14.0. The highest BCUT2D eigenvalue weighted by Gasteiger charge is 2.04. The molecule has 0 fully saturated rings. The average Bonchev–Trinajstić information content (AvgIpc) is 2.53. The molecule has 0 spiro atoms. The van der Waals surface area contributed by atoms with Gasteiger partial charge in [0.05, 0.1) is 5.71 Å². The third-order valence-corrected chi connectivity index (χ3v) is 3.78. The Kier molecular flexibility index (Phi) is 5.67. The zero-order chi connectivity index (χ0) is 15.9. The van der Waals surface area contributed by atoms with Gasteiger partial charge in [-0.1, -0.05) is 49.4 Å². The molecule has 0 aliphatic carbocycles. The third-order valence-electron chi connectivity index (χ3n) is 3.59. The zero-order valence-electron chi connectivity index (χ0n) is 13.2. The van der Waals surface area contributed by atoms with Gasteiger partial charge in [0.2, 0.25) is 0 Å². The number of anilines is 1. The molecule has 0 atom stereocenters. The molecule has 0 saturated carbocycles. The summed E-state index contributed by atoms with van der Waals surface area (Å²) in [7, 11) is 0. The van der Waals surface area contributed by atoms with Crippen molar-refractivity contribution in [2.75, 3.05) is 5.32 Å². The van der Waals surface area contributed by atoms with Crippen molar-refractivity contribution < 1.29 is 0 Å². The van der Waals surface area contributed by atoms with E-state index in [-0.39, 0.29) is 0 Å². The summed E-state index contributed by atoms with van der Waals surface area (Å²) in [5, 5.41) is 8.11. The Morgan fingerprint density at radius 1 is 1.05 bits per heavy atom. The van der Waals surface area contributed by atoms with Gasteiger partial charge in [-0.05, 0) is 55.2 Å². The van der Waals surface area contributed by atoms with Crippen LogP contribution in [0.5, 0.6) is 0 Å². The van der Waals surface area contributed by atoms with Gasteiger partial charge in [-0.3, -0.25) is 5.43 Å². The van der Waals surface area contributed by atoms with Crippen LogP contribution < -0.4 is 10.7 Å². The maximum atomic E-state index is 5.33.